The topological polar surface area (TPSA) is 50.1 Å². The van der Waals surface area contributed by atoms with Crippen molar-refractivity contribution in [1.29, 1.82) is 0 Å². The lowest BCUT2D eigenvalue weighted by molar-refractivity contribution is 0.146. The summed E-state index contributed by atoms with van der Waals surface area (Å²) in [5, 5.41) is 17.1. The number of halogens is 1. The highest BCUT2D eigenvalue weighted by Crippen LogP contribution is 2.14. The fourth-order valence-corrected chi connectivity index (χ4v) is 2.21. The molecule has 0 radical (unpaired) electrons. The summed E-state index contributed by atoms with van der Waals surface area (Å²) in [6.07, 6.45) is 3.00. The van der Waals surface area contributed by atoms with Crippen LogP contribution in [0, 0.1) is 19.7 Å². The van der Waals surface area contributed by atoms with Gasteiger partial charge in [-0.3, -0.25) is 4.68 Å². The number of aliphatic hydroxyl groups is 1. The first-order valence-electron chi connectivity index (χ1n) is 6.68. The highest BCUT2D eigenvalue weighted by molar-refractivity contribution is 5.30. The number of nitrogens with one attached hydrogen (secondary N) is 1. The van der Waals surface area contributed by atoms with Crippen LogP contribution in [-0.2, 0) is 13.1 Å². The smallest absolute Gasteiger partial charge is 0.129 e. The van der Waals surface area contributed by atoms with Crippen molar-refractivity contribution < 1.29 is 9.50 Å². The summed E-state index contributed by atoms with van der Waals surface area (Å²) in [5.41, 5.74) is 2.32. The van der Waals surface area contributed by atoms with Crippen LogP contribution in [0.15, 0.2) is 30.6 Å². The zero-order valence-electron chi connectivity index (χ0n) is 11.8. The Balaban J connectivity index is 1.81. The third-order valence-electron chi connectivity index (χ3n) is 3.16. The molecule has 0 fully saturated rings. The summed E-state index contributed by atoms with van der Waals surface area (Å²) in [6.45, 7) is 5.06. The molecular weight excluding hydrogens is 257 g/mol. The molecule has 4 nitrogen and oxygen atoms in total. The number of benzene rings is 1. The van der Waals surface area contributed by atoms with E-state index < -0.39 is 6.10 Å². The van der Waals surface area contributed by atoms with Gasteiger partial charge >= 0.3 is 0 Å². The fraction of sp³-hybridized carbons (Fsp3) is 0.400. The van der Waals surface area contributed by atoms with Crippen molar-refractivity contribution in [1.82, 2.24) is 15.1 Å². The van der Waals surface area contributed by atoms with Crippen LogP contribution < -0.4 is 5.32 Å². The Morgan fingerprint density at radius 2 is 2.05 bits per heavy atom. The molecule has 0 aliphatic rings. The summed E-state index contributed by atoms with van der Waals surface area (Å²) in [7, 11) is 0. The largest absolute Gasteiger partial charge is 0.390 e. The van der Waals surface area contributed by atoms with Crippen LogP contribution in [0.1, 0.15) is 16.7 Å². The molecule has 1 aromatic heterocycles. The molecule has 108 valence electrons. The van der Waals surface area contributed by atoms with Gasteiger partial charge in [-0.15, -0.1) is 0 Å². The van der Waals surface area contributed by atoms with E-state index in [0.29, 0.717) is 30.8 Å². The predicted octanol–water partition coefficient (Wildman–Crippen LogP) is 1.79. The van der Waals surface area contributed by atoms with Crippen LogP contribution in [-0.4, -0.2) is 27.5 Å². The second kappa shape index (κ2) is 6.63. The molecule has 0 saturated carbocycles. The summed E-state index contributed by atoms with van der Waals surface area (Å²) in [5.74, 6) is -0.146. The highest BCUT2D eigenvalue weighted by Gasteiger charge is 2.07. The van der Waals surface area contributed by atoms with Gasteiger partial charge < -0.3 is 10.4 Å². The van der Waals surface area contributed by atoms with E-state index in [1.165, 1.54) is 0 Å². The molecule has 0 spiro atoms. The maximum Gasteiger partial charge on any atom is 0.129 e. The van der Waals surface area contributed by atoms with E-state index in [2.05, 4.69) is 10.4 Å². The Kier molecular flexibility index (Phi) is 4.87. The minimum absolute atomic E-state index is 0.146. The number of aryl methyl sites for hydroxylation is 2. The van der Waals surface area contributed by atoms with Crippen LogP contribution in [0.2, 0.25) is 0 Å². The quantitative estimate of drug-likeness (QED) is 0.846. The molecule has 0 aliphatic carbocycles. The molecule has 2 N–H and O–H groups in total. The molecule has 1 atom stereocenters. The lowest BCUT2D eigenvalue weighted by Gasteiger charge is -2.13. The van der Waals surface area contributed by atoms with Crippen molar-refractivity contribution in [2.75, 3.05) is 6.54 Å². The third kappa shape index (κ3) is 3.88. The first-order valence-corrected chi connectivity index (χ1v) is 6.68. The van der Waals surface area contributed by atoms with Crippen molar-refractivity contribution in [2.45, 2.75) is 33.0 Å². The molecule has 0 saturated heterocycles. The van der Waals surface area contributed by atoms with E-state index in [1.54, 1.807) is 24.7 Å². The van der Waals surface area contributed by atoms with Gasteiger partial charge in [-0.05, 0) is 36.6 Å². The van der Waals surface area contributed by atoms with Gasteiger partial charge in [0.25, 0.3) is 0 Å². The average molecular weight is 277 g/mol. The number of hydrogen-bond donors (Lipinski definition) is 2. The van der Waals surface area contributed by atoms with Crippen LogP contribution in [0.5, 0.6) is 0 Å². The van der Waals surface area contributed by atoms with Gasteiger partial charge in [-0.2, -0.15) is 5.10 Å². The predicted molar refractivity (Wildman–Crippen MR) is 75.8 cm³/mol. The maximum atomic E-state index is 13.5. The molecule has 0 amide bonds. The number of nitrogens with zero attached hydrogens (tertiary/aromatic N) is 2. The molecule has 2 aromatic rings. The lowest BCUT2D eigenvalue weighted by atomic mass is 10.1. The first kappa shape index (κ1) is 14.7. The van der Waals surface area contributed by atoms with E-state index in [1.807, 2.05) is 24.4 Å². The van der Waals surface area contributed by atoms with Crippen molar-refractivity contribution in [3.63, 3.8) is 0 Å². The number of hydrogen-bond acceptors (Lipinski definition) is 3. The van der Waals surface area contributed by atoms with Crippen molar-refractivity contribution >= 4 is 0 Å². The van der Waals surface area contributed by atoms with Crippen LogP contribution in [0.4, 0.5) is 4.39 Å². The van der Waals surface area contributed by atoms with Crippen LogP contribution in [0.25, 0.3) is 0 Å². The van der Waals surface area contributed by atoms with Crippen molar-refractivity contribution in [3.05, 3.63) is 53.1 Å². The Labute approximate surface area is 118 Å². The van der Waals surface area contributed by atoms with Gasteiger partial charge in [0.1, 0.15) is 5.82 Å². The highest BCUT2D eigenvalue weighted by atomic mass is 19.1. The minimum atomic E-state index is -0.502. The Hall–Kier alpha value is -1.72. The fourth-order valence-electron chi connectivity index (χ4n) is 2.21. The SMILES string of the molecule is Cc1cc(CNCC(O)Cn2cccn2)cc(C)c1F. The van der Waals surface area contributed by atoms with E-state index in [4.69, 9.17) is 0 Å². The molecular formula is C15H20FN3O. The second-order valence-corrected chi connectivity index (χ2v) is 5.06. The van der Waals surface area contributed by atoms with Crippen molar-refractivity contribution in [2.24, 2.45) is 0 Å². The van der Waals surface area contributed by atoms with Crippen molar-refractivity contribution in [3.8, 4) is 0 Å². The van der Waals surface area contributed by atoms with Gasteiger partial charge in [0.2, 0.25) is 0 Å². The third-order valence-corrected chi connectivity index (χ3v) is 3.16. The molecule has 1 aromatic carbocycles. The van der Waals surface area contributed by atoms with E-state index in [9.17, 15) is 9.50 Å². The molecule has 0 aliphatic heterocycles. The molecule has 0 bridgehead atoms. The average Bonchev–Trinajstić information content (AvgIpc) is 2.88. The Morgan fingerprint density at radius 1 is 1.35 bits per heavy atom. The zero-order valence-corrected chi connectivity index (χ0v) is 11.8. The standard InChI is InChI=1S/C15H20FN3O/c1-11-6-13(7-12(2)15(11)16)8-17-9-14(20)10-19-5-3-4-18-19/h3-7,14,17,20H,8-10H2,1-2H3. The molecule has 20 heavy (non-hydrogen) atoms. The molecule has 1 heterocycles. The van der Waals surface area contributed by atoms with Gasteiger partial charge in [0.05, 0.1) is 12.6 Å². The van der Waals surface area contributed by atoms with Gasteiger partial charge in [-0.1, -0.05) is 12.1 Å². The Bertz CT molecular complexity index is 531. The van der Waals surface area contributed by atoms with E-state index in [0.717, 1.165) is 5.56 Å². The molecule has 1 unspecified atom stereocenters. The maximum absolute atomic E-state index is 13.5. The lowest BCUT2D eigenvalue weighted by Crippen LogP contribution is -2.30. The van der Waals surface area contributed by atoms with Gasteiger partial charge in [-0.25, -0.2) is 4.39 Å². The summed E-state index contributed by atoms with van der Waals surface area (Å²) in [4.78, 5) is 0. The summed E-state index contributed by atoms with van der Waals surface area (Å²) < 4.78 is 15.2. The Morgan fingerprint density at radius 3 is 2.65 bits per heavy atom. The number of rotatable bonds is 6. The summed E-state index contributed by atoms with van der Waals surface area (Å²) >= 11 is 0. The van der Waals surface area contributed by atoms with Gasteiger partial charge in [0, 0.05) is 25.5 Å². The van der Waals surface area contributed by atoms with Gasteiger partial charge in [0.15, 0.2) is 0 Å². The molecule has 2 rings (SSSR count). The van der Waals surface area contributed by atoms with Crippen LogP contribution >= 0.6 is 0 Å². The second-order valence-electron chi connectivity index (χ2n) is 5.06. The summed E-state index contributed by atoms with van der Waals surface area (Å²) in [6, 6.07) is 5.48. The van der Waals surface area contributed by atoms with E-state index >= 15 is 0 Å². The molecule has 5 heteroatoms. The number of aromatic nitrogens is 2. The minimum Gasteiger partial charge on any atom is -0.390 e. The first-order chi connectivity index (χ1) is 9.56. The normalized spacial score (nSPS) is 12.6. The monoisotopic (exact) mass is 277 g/mol. The van der Waals surface area contributed by atoms with E-state index in [-0.39, 0.29) is 5.82 Å². The number of aliphatic hydroxyl groups excluding tert-OH is 1. The zero-order chi connectivity index (χ0) is 14.5. The van der Waals surface area contributed by atoms with Crippen LogP contribution in [0.3, 0.4) is 0 Å².